The number of hydrogen-bond acceptors (Lipinski definition) is 6. The molecule has 1 aliphatic carbocycles. The molecule has 0 radical (unpaired) electrons. The van der Waals surface area contributed by atoms with E-state index < -0.39 is 10.8 Å². The van der Waals surface area contributed by atoms with Crippen molar-refractivity contribution >= 4 is 29.4 Å². The predicted octanol–water partition coefficient (Wildman–Crippen LogP) is 2.23. The molecule has 0 aliphatic heterocycles. The summed E-state index contributed by atoms with van der Waals surface area (Å²) in [6.45, 7) is 1.84. The first-order chi connectivity index (χ1) is 12.5. The third-order valence-corrected chi connectivity index (χ3v) is 4.22. The second-order valence-corrected chi connectivity index (χ2v) is 6.24. The van der Waals surface area contributed by atoms with E-state index in [1.807, 2.05) is 0 Å². The summed E-state index contributed by atoms with van der Waals surface area (Å²) in [6, 6.07) is 5.67. The number of nitro groups is 1. The lowest BCUT2D eigenvalue weighted by molar-refractivity contribution is -0.384. The molecule has 2 rings (SSSR count). The average Bonchev–Trinajstić information content (AvgIpc) is 2.61. The fourth-order valence-electron chi connectivity index (χ4n) is 2.83. The van der Waals surface area contributed by atoms with Crippen LogP contribution in [0.1, 0.15) is 32.6 Å². The highest BCUT2D eigenvalue weighted by Crippen LogP contribution is 2.23. The largest absolute Gasteiger partial charge is 0.386 e. The highest BCUT2D eigenvalue weighted by Gasteiger charge is 2.22. The molecule has 1 fully saturated rings. The van der Waals surface area contributed by atoms with Gasteiger partial charge in [-0.1, -0.05) is 31.0 Å². The zero-order valence-corrected chi connectivity index (χ0v) is 14.5. The summed E-state index contributed by atoms with van der Waals surface area (Å²) >= 11 is 0. The maximum Gasteiger partial charge on any atom is 0.271 e. The maximum atomic E-state index is 11.8. The molecule has 1 aliphatic rings. The summed E-state index contributed by atoms with van der Waals surface area (Å²) in [7, 11) is 0. The number of carbonyl (C=O) groups is 2. The number of benzene rings is 1. The van der Waals surface area contributed by atoms with Crippen LogP contribution in [0.4, 0.5) is 11.4 Å². The van der Waals surface area contributed by atoms with Crippen LogP contribution >= 0.6 is 0 Å². The summed E-state index contributed by atoms with van der Waals surface area (Å²) in [4.78, 5) is 38.5. The molecule has 2 amide bonds. The van der Waals surface area contributed by atoms with E-state index in [0.717, 1.165) is 25.5 Å². The van der Waals surface area contributed by atoms with E-state index in [1.54, 1.807) is 0 Å². The van der Waals surface area contributed by atoms with Crippen molar-refractivity contribution in [2.75, 3.05) is 11.9 Å². The molecule has 9 heteroatoms. The first-order valence-electron chi connectivity index (χ1n) is 8.46. The molecule has 2 N–H and O–H groups in total. The Bertz CT molecular complexity index is 691. The van der Waals surface area contributed by atoms with E-state index in [0.29, 0.717) is 5.92 Å². The number of anilines is 1. The van der Waals surface area contributed by atoms with Crippen LogP contribution in [0.3, 0.4) is 0 Å². The predicted molar refractivity (Wildman–Crippen MR) is 95.7 cm³/mol. The fraction of sp³-hybridized carbons (Fsp3) is 0.471. The number of rotatable bonds is 7. The Hall–Kier alpha value is -2.97. The maximum absolute atomic E-state index is 11.8. The van der Waals surface area contributed by atoms with Gasteiger partial charge in [-0.05, 0) is 24.8 Å². The summed E-state index contributed by atoms with van der Waals surface area (Å²) in [5, 5.41) is 19.5. The number of nitrogens with zero attached hydrogens (tertiary/aromatic N) is 2. The highest BCUT2D eigenvalue weighted by atomic mass is 16.6. The molecule has 1 aromatic carbocycles. The Balaban J connectivity index is 1.72. The summed E-state index contributed by atoms with van der Waals surface area (Å²) in [5.41, 5.74) is 0.129. The molecule has 0 heterocycles. The standard InChI is InChI=1S/C17H22N4O5/c1-12-5-2-3-8-15(12)20-17(23)11-26-18-10-16(22)19-13-6-4-7-14(9-13)21(24)25/h4,6-7,9-10,12,15H,2-3,5,8,11H2,1H3,(H,19,22)(H,20,23)/b18-10-/t12-,15+/m1/s1. The number of nitrogens with one attached hydrogen (secondary N) is 2. The van der Waals surface area contributed by atoms with Gasteiger partial charge in [0.1, 0.15) is 6.21 Å². The van der Waals surface area contributed by atoms with E-state index in [9.17, 15) is 19.7 Å². The summed E-state index contributed by atoms with van der Waals surface area (Å²) in [6.07, 6.45) is 5.22. The number of carbonyl (C=O) groups excluding carboxylic acids is 2. The first-order valence-corrected chi connectivity index (χ1v) is 8.46. The molecule has 9 nitrogen and oxygen atoms in total. The average molecular weight is 362 g/mol. The van der Waals surface area contributed by atoms with Crippen molar-refractivity contribution in [2.45, 2.75) is 38.6 Å². The van der Waals surface area contributed by atoms with Gasteiger partial charge in [0, 0.05) is 23.9 Å². The van der Waals surface area contributed by atoms with Crippen LogP contribution in [0.5, 0.6) is 0 Å². The van der Waals surface area contributed by atoms with Gasteiger partial charge in [0.15, 0.2) is 6.61 Å². The number of nitro benzene ring substituents is 1. The molecule has 26 heavy (non-hydrogen) atoms. The van der Waals surface area contributed by atoms with Crippen LogP contribution in [-0.4, -0.2) is 35.6 Å². The molecule has 2 atom stereocenters. The molecule has 0 aromatic heterocycles. The van der Waals surface area contributed by atoms with Crippen LogP contribution in [0.25, 0.3) is 0 Å². The Labute approximate surface area is 150 Å². The van der Waals surface area contributed by atoms with Gasteiger partial charge in [-0.25, -0.2) is 0 Å². The number of non-ortho nitro benzene ring substituents is 1. The third kappa shape index (κ3) is 6.15. The highest BCUT2D eigenvalue weighted by molar-refractivity contribution is 6.31. The topological polar surface area (TPSA) is 123 Å². The molecule has 0 unspecified atom stereocenters. The molecular weight excluding hydrogens is 340 g/mol. The molecule has 1 aromatic rings. The van der Waals surface area contributed by atoms with E-state index in [1.165, 1.54) is 30.7 Å². The lowest BCUT2D eigenvalue weighted by Crippen LogP contribution is -2.42. The smallest absolute Gasteiger partial charge is 0.271 e. The fourth-order valence-corrected chi connectivity index (χ4v) is 2.83. The third-order valence-electron chi connectivity index (χ3n) is 4.22. The minimum atomic E-state index is -0.619. The van der Waals surface area contributed by atoms with Crippen molar-refractivity contribution in [3.8, 4) is 0 Å². The van der Waals surface area contributed by atoms with Crippen LogP contribution < -0.4 is 10.6 Å². The summed E-state index contributed by atoms with van der Waals surface area (Å²) < 4.78 is 0. The molecule has 0 bridgehead atoms. The van der Waals surface area contributed by atoms with Crippen LogP contribution in [0.2, 0.25) is 0 Å². The molecule has 0 saturated heterocycles. The first kappa shape index (κ1) is 19.4. The SMILES string of the molecule is C[C@@H]1CCCC[C@@H]1NC(=O)CO/N=C\C(=O)Nc1cccc([N+](=O)[O-])c1. The van der Waals surface area contributed by atoms with E-state index in [-0.39, 0.29) is 29.9 Å². The van der Waals surface area contributed by atoms with Crippen LogP contribution in [0.15, 0.2) is 29.4 Å². The van der Waals surface area contributed by atoms with Crippen molar-refractivity contribution < 1.29 is 19.3 Å². The quantitative estimate of drug-likeness (QED) is 0.437. The Morgan fingerprint density at radius 2 is 2.15 bits per heavy atom. The minimum absolute atomic E-state index is 0.135. The van der Waals surface area contributed by atoms with Gasteiger partial charge in [0.25, 0.3) is 17.5 Å². The van der Waals surface area contributed by atoms with Gasteiger partial charge in [-0.3, -0.25) is 19.7 Å². The van der Waals surface area contributed by atoms with Crippen molar-refractivity contribution in [3.05, 3.63) is 34.4 Å². The number of hydrogen-bond donors (Lipinski definition) is 2. The normalized spacial score (nSPS) is 19.7. The Kier molecular flexibility index (Phi) is 7.07. The van der Waals surface area contributed by atoms with Gasteiger partial charge in [0.05, 0.1) is 4.92 Å². The number of amides is 2. The molecule has 1 saturated carbocycles. The van der Waals surface area contributed by atoms with Crippen molar-refractivity contribution in [1.29, 1.82) is 0 Å². The van der Waals surface area contributed by atoms with Crippen molar-refractivity contribution in [3.63, 3.8) is 0 Å². The zero-order chi connectivity index (χ0) is 18.9. The lowest BCUT2D eigenvalue weighted by Gasteiger charge is -2.29. The molecular formula is C17H22N4O5. The Morgan fingerprint density at radius 3 is 2.88 bits per heavy atom. The number of oxime groups is 1. The Morgan fingerprint density at radius 1 is 1.38 bits per heavy atom. The van der Waals surface area contributed by atoms with Gasteiger partial charge in [0.2, 0.25) is 0 Å². The van der Waals surface area contributed by atoms with Gasteiger partial charge in [-0.15, -0.1) is 0 Å². The van der Waals surface area contributed by atoms with E-state index in [4.69, 9.17) is 4.84 Å². The van der Waals surface area contributed by atoms with Gasteiger partial charge in [-0.2, -0.15) is 0 Å². The van der Waals surface area contributed by atoms with Crippen LogP contribution in [-0.2, 0) is 14.4 Å². The summed E-state index contributed by atoms with van der Waals surface area (Å²) in [5.74, 6) is -0.455. The second-order valence-electron chi connectivity index (χ2n) is 6.24. The van der Waals surface area contributed by atoms with E-state index >= 15 is 0 Å². The van der Waals surface area contributed by atoms with Crippen molar-refractivity contribution in [2.24, 2.45) is 11.1 Å². The van der Waals surface area contributed by atoms with Crippen molar-refractivity contribution in [1.82, 2.24) is 5.32 Å². The monoisotopic (exact) mass is 362 g/mol. The lowest BCUT2D eigenvalue weighted by atomic mass is 9.86. The van der Waals surface area contributed by atoms with E-state index in [2.05, 4.69) is 22.7 Å². The van der Waals surface area contributed by atoms with Crippen LogP contribution in [0, 0.1) is 16.0 Å². The van der Waals surface area contributed by atoms with Gasteiger partial charge >= 0.3 is 0 Å². The molecule has 0 spiro atoms. The zero-order valence-electron chi connectivity index (χ0n) is 14.5. The van der Waals surface area contributed by atoms with Gasteiger partial charge < -0.3 is 15.5 Å². The second kappa shape index (κ2) is 9.50. The molecule has 140 valence electrons. The minimum Gasteiger partial charge on any atom is -0.386 e.